The number of carbonyl (C=O) groups is 1. The van der Waals surface area contributed by atoms with Gasteiger partial charge in [0.15, 0.2) is 5.76 Å². The molecule has 12 heteroatoms. The first kappa shape index (κ1) is 31.9. The van der Waals surface area contributed by atoms with Gasteiger partial charge < -0.3 is 29.1 Å². The van der Waals surface area contributed by atoms with Crippen molar-refractivity contribution in [1.82, 2.24) is 14.1 Å². The summed E-state index contributed by atoms with van der Waals surface area (Å²) in [6.45, 7) is 3.39. The normalized spacial score (nSPS) is 22.3. The number of thiophene rings is 1. The van der Waals surface area contributed by atoms with Crippen molar-refractivity contribution in [2.45, 2.75) is 61.7 Å². The molecule has 1 aromatic carbocycles. The number of aliphatic hydroxyl groups is 1. The molecule has 4 heterocycles. The minimum Gasteiger partial charge on any atom is -0.497 e. The van der Waals surface area contributed by atoms with E-state index in [1.54, 1.807) is 23.5 Å². The van der Waals surface area contributed by atoms with Gasteiger partial charge in [0.1, 0.15) is 5.75 Å². The van der Waals surface area contributed by atoms with Crippen molar-refractivity contribution >= 4 is 27.3 Å². The molecular weight excluding hydrogens is 590 g/mol. The van der Waals surface area contributed by atoms with E-state index in [9.17, 15) is 18.3 Å². The summed E-state index contributed by atoms with van der Waals surface area (Å²) in [6.07, 6.45) is 7.48. The lowest BCUT2D eigenvalue weighted by Gasteiger charge is -2.40. The van der Waals surface area contributed by atoms with Gasteiger partial charge in [-0.3, -0.25) is 4.79 Å². The lowest BCUT2D eigenvalue weighted by Crippen LogP contribution is -2.49. The Bertz CT molecular complexity index is 1300. The summed E-state index contributed by atoms with van der Waals surface area (Å²) in [5.74, 6) is 0.679. The molecule has 0 aliphatic carbocycles. The molecule has 2 atom stereocenters. The monoisotopic (exact) mass is 633 g/mol. The molecule has 3 aliphatic rings. The third-order valence-corrected chi connectivity index (χ3v) is 11.2. The Balaban J connectivity index is 1.21. The van der Waals surface area contributed by atoms with Gasteiger partial charge in [-0.2, -0.15) is 15.6 Å². The summed E-state index contributed by atoms with van der Waals surface area (Å²) in [6, 6.07) is 8.71. The first-order chi connectivity index (χ1) is 20.9. The molecule has 10 nitrogen and oxygen atoms in total. The topological polar surface area (TPSA) is 109 Å². The van der Waals surface area contributed by atoms with Crippen molar-refractivity contribution < 1.29 is 32.5 Å². The van der Waals surface area contributed by atoms with E-state index in [1.807, 2.05) is 22.4 Å². The highest BCUT2D eigenvalue weighted by atomic mass is 32.2. The molecule has 5 rings (SSSR count). The highest BCUT2D eigenvalue weighted by Gasteiger charge is 2.34. The number of likely N-dealkylation sites (tertiary alicyclic amines) is 2. The number of hydrogen-bond acceptors (Lipinski definition) is 9. The van der Waals surface area contributed by atoms with E-state index in [4.69, 9.17) is 14.2 Å². The number of nitrogens with zero attached hydrogens (tertiary/aromatic N) is 3. The number of allylic oxidation sites excluding steroid dienone is 1. The molecule has 0 radical (unpaired) electrons. The summed E-state index contributed by atoms with van der Waals surface area (Å²) in [4.78, 5) is 18.2. The van der Waals surface area contributed by atoms with Crippen LogP contribution in [0.1, 0.15) is 50.0 Å². The molecule has 236 valence electrons. The van der Waals surface area contributed by atoms with Gasteiger partial charge >= 0.3 is 0 Å². The number of hydrogen-bond donors (Lipinski definition) is 1. The average molecular weight is 634 g/mol. The quantitative estimate of drug-likeness (QED) is 0.378. The fourth-order valence-corrected chi connectivity index (χ4v) is 8.29. The van der Waals surface area contributed by atoms with Crippen LogP contribution >= 0.6 is 11.3 Å². The number of aliphatic hydroxyl groups excluding tert-OH is 1. The van der Waals surface area contributed by atoms with Crippen molar-refractivity contribution in [3.05, 3.63) is 58.5 Å². The van der Waals surface area contributed by atoms with E-state index >= 15 is 0 Å². The lowest BCUT2D eigenvalue weighted by molar-refractivity contribution is -0.153. The smallest absolute Gasteiger partial charge is 0.288 e. The number of carbonyl (C=O) groups excluding carboxylic acids is 1. The van der Waals surface area contributed by atoms with Gasteiger partial charge in [-0.25, -0.2) is 8.42 Å². The predicted octanol–water partition coefficient (Wildman–Crippen LogP) is 3.65. The molecule has 0 spiro atoms. The molecule has 0 bridgehead atoms. The molecule has 2 fully saturated rings. The number of methoxy groups -OCH3 is 1. The second-order valence-electron chi connectivity index (χ2n) is 11.3. The molecule has 2 aromatic rings. The Morgan fingerprint density at radius 1 is 1.07 bits per heavy atom. The first-order valence-corrected chi connectivity index (χ1v) is 17.6. The van der Waals surface area contributed by atoms with E-state index in [1.165, 1.54) is 42.8 Å². The number of sulfonamides is 1. The predicted molar refractivity (Wildman–Crippen MR) is 164 cm³/mol. The number of piperidine rings is 2. The zero-order chi connectivity index (χ0) is 30.2. The van der Waals surface area contributed by atoms with Gasteiger partial charge in [0.05, 0.1) is 25.2 Å². The Morgan fingerprint density at radius 2 is 1.81 bits per heavy atom. The van der Waals surface area contributed by atoms with Crippen LogP contribution in [0.4, 0.5) is 0 Å². The van der Waals surface area contributed by atoms with Gasteiger partial charge in [0.2, 0.25) is 16.3 Å². The van der Waals surface area contributed by atoms with Gasteiger partial charge in [-0.05, 0) is 91.5 Å². The van der Waals surface area contributed by atoms with E-state index in [0.29, 0.717) is 37.1 Å². The maximum absolute atomic E-state index is 13.6. The highest BCUT2D eigenvalue weighted by molar-refractivity contribution is 7.89. The van der Waals surface area contributed by atoms with E-state index < -0.39 is 16.3 Å². The molecule has 43 heavy (non-hydrogen) atoms. The Kier molecular flexibility index (Phi) is 11.1. The molecule has 3 aliphatic heterocycles. The third-order valence-electron chi connectivity index (χ3n) is 8.59. The van der Waals surface area contributed by atoms with Crippen LogP contribution in [0.3, 0.4) is 0 Å². The van der Waals surface area contributed by atoms with Crippen molar-refractivity contribution in [2.24, 2.45) is 0 Å². The van der Waals surface area contributed by atoms with Gasteiger partial charge in [0, 0.05) is 44.6 Å². The summed E-state index contributed by atoms with van der Waals surface area (Å²) >= 11 is 1.60. The highest BCUT2D eigenvalue weighted by Crippen LogP contribution is 2.34. The van der Waals surface area contributed by atoms with E-state index in [-0.39, 0.29) is 43.0 Å². The fraction of sp³-hybridized carbons (Fsp3) is 0.581. The SMILES string of the molecule is COc1ccc(S(=O)(=O)N(CCO)CCOC2CC(c3ccsc3)C=C(C(=O)N3CCC(N4CCCCC4)CC3)O2)cc1. The average Bonchev–Trinajstić information content (AvgIpc) is 3.60. The van der Waals surface area contributed by atoms with Crippen LogP contribution in [0.15, 0.2) is 57.8 Å². The lowest BCUT2D eigenvalue weighted by atomic mass is 9.94. The van der Waals surface area contributed by atoms with Crippen LogP contribution < -0.4 is 4.74 Å². The van der Waals surface area contributed by atoms with E-state index in [0.717, 1.165) is 31.5 Å². The Labute approximate surface area is 258 Å². The maximum atomic E-state index is 13.6. The molecule has 0 saturated carbocycles. The van der Waals surface area contributed by atoms with Crippen LogP contribution in [0.25, 0.3) is 0 Å². The van der Waals surface area contributed by atoms with Crippen molar-refractivity contribution in [3.8, 4) is 5.75 Å². The van der Waals surface area contributed by atoms with E-state index in [2.05, 4.69) is 10.3 Å². The minimum atomic E-state index is -3.87. The molecule has 1 N–H and O–H groups in total. The standard InChI is InChI=1S/C31H43N3O7S2/c1-39-27-5-7-28(8-6-27)43(37,38)34(16-18-35)17-19-40-30-22-25(24-11-20-42-23-24)21-29(41-30)31(36)33-14-9-26(10-15-33)32-12-3-2-4-13-32/h5-8,11,20-21,23,25-26,30,35H,2-4,9-10,12-19,22H2,1H3. The second-order valence-corrected chi connectivity index (χ2v) is 14.0. The molecule has 2 saturated heterocycles. The zero-order valence-corrected chi connectivity index (χ0v) is 26.4. The number of rotatable bonds is 12. The summed E-state index contributed by atoms with van der Waals surface area (Å²) in [5.41, 5.74) is 1.10. The number of benzene rings is 1. The fourth-order valence-electron chi connectivity index (χ4n) is 6.15. The van der Waals surface area contributed by atoms with Crippen molar-refractivity contribution in [2.75, 3.05) is 59.6 Å². The second kappa shape index (κ2) is 15.0. The molecular formula is C31H43N3O7S2. The number of ether oxygens (including phenoxy) is 3. The summed E-state index contributed by atoms with van der Waals surface area (Å²) in [7, 11) is -2.35. The van der Waals surface area contributed by atoms with Gasteiger partial charge in [0.25, 0.3) is 5.91 Å². The van der Waals surface area contributed by atoms with Crippen LogP contribution in [0, 0.1) is 0 Å². The third kappa shape index (κ3) is 7.98. The first-order valence-electron chi connectivity index (χ1n) is 15.2. The van der Waals surface area contributed by atoms with Crippen LogP contribution in [-0.2, 0) is 24.3 Å². The Hall–Kier alpha value is -2.48. The van der Waals surface area contributed by atoms with Crippen LogP contribution in [0.2, 0.25) is 0 Å². The zero-order valence-electron chi connectivity index (χ0n) is 24.8. The van der Waals surface area contributed by atoms with Crippen molar-refractivity contribution in [3.63, 3.8) is 0 Å². The summed E-state index contributed by atoms with van der Waals surface area (Å²) in [5, 5.41) is 13.7. The number of amides is 1. The maximum Gasteiger partial charge on any atom is 0.288 e. The summed E-state index contributed by atoms with van der Waals surface area (Å²) < 4.78 is 45.1. The van der Waals surface area contributed by atoms with Crippen molar-refractivity contribution in [1.29, 1.82) is 0 Å². The Morgan fingerprint density at radius 3 is 2.47 bits per heavy atom. The molecule has 1 amide bonds. The van der Waals surface area contributed by atoms with Crippen LogP contribution in [-0.4, -0.2) is 105 Å². The van der Waals surface area contributed by atoms with Gasteiger partial charge in [-0.15, -0.1) is 0 Å². The van der Waals surface area contributed by atoms with Crippen LogP contribution in [0.5, 0.6) is 5.75 Å². The molecule has 1 aromatic heterocycles. The largest absolute Gasteiger partial charge is 0.497 e. The molecule has 2 unspecified atom stereocenters. The van der Waals surface area contributed by atoms with Gasteiger partial charge in [-0.1, -0.05) is 6.42 Å². The minimum absolute atomic E-state index is 0.0227.